The molecule has 0 fully saturated rings. The summed E-state index contributed by atoms with van der Waals surface area (Å²) in [5, 5.41) is 2.41. The molecule has 0 aliphatic heterocycles. The van der Waals surface area contributed by atoms with Crippen molar-refractivity contribution < 1.29 is 69.8 Å². The largest absolute Gasteiger partial charge is 2.00 e. The fourth-order valence-electron chi connectivity index (χ4n) is 6.47. The van der Waals surface area contributed by atoms with Crippen LogP contribution in [0, 0.1) is 41.5 Å². The van der Waals surface area contributed by atoms with Gasteiger partial charge in [-0.1, -0.05) is 136 Å². The van der Waals surface area contributed by atoms with Gasteiger partial charge in [-0.05, 0) is 160 Å². The molecule has 0 N–H and O–H groups in total. The number of nitrogens with zero attached hydrogens (tertiary/aromatic N) is 6. The Labute approximate surface area is 502 Å². The third-order valence-corrected chi connectivity index (χ3v) is 9.85. The zero-order valence-electron chi connectivity index (χ0n) is 41.8. The fraction of sp³-hybridized carbons (Fsp3) is 0.333. The quantitative estimate of drug-likeness (QED) is 0.0339. The first-order valence-corrected chi connectivity index (χ1v) is 30.1. The molecule has 438 valence electrons. The summed E-state index contributed by atoms with van der Waals surface area (Å²) in [6, 6.07) is 21.2. The van der Waals surface area contributed by atoms with E-state index in [1.807, 2.05) is 49.3 Å². The van der Waals surface area contributed by atoms with Gasteiger partial charge in [0.25, 0.3) is 0 Å². The molecule has 7 aromatic rings. The van der Waals surface area contributed by atoms with Crippen molar-refractivity contribution in [3.63, 3.8) is 0 Å². The predicted molar refractivity (Wildman–Crippen MR) is 302 cm³/mol. The van der Waals surface area contributed by atoms with E-state index in [4.69, 9.17) is 104 Å². The Morgan fingerprint density at radius 1 is 0.372 bits per heavy atom. The molecular weight excluding hydrogens is 1370 g/mol. The number of aryl methyl sites for hydroxylation is 8. The second kappa shape index (κ2) is 31.5. The molecule has 7 rings (SSSR count). The number of pyridine rings is 6. The molecule has 6 aromatic heterocycles. The predicted octanol–water partition coefficient (Wildman–Crippen LogP) is 23.7. The number of alkyl halides is 9. The van der Waals surface area contributed by atoms with Crippen molar-refractivity contribution >= 4 is 142 Å². The van der Waals surface area contributed by atoms with Gasteiger partial charge in [0.15, 0.2) is 12.9 Å². The molecule has 0 amide bonds. The first kappa shape index (κ1) is 75.9. The molecule has 0 bridgehead atoms. The van der Waals surface area contributed by atoms with Crippen LogP contribution in [-0.2, 0) is 32.3 Å². The van der Waals surface area contributed by atoms with E-state index in [1.165, 1.54) is 87.4 Å². The molecular formula is C48H51Cl9F12N6P2Ru. The van der Waals surface area contributed by atoms with Crippen LogP contribution in [0.3, 0.4) is 0 Å². The Balaban J connectivity index is 0.00000110. The number of benzene rings is 1. The number of unbranched alkanes of at least 4 members (excludes halogenated alkanes) is 4. The number of aromatic nitrogens is 6. The molecule has 30 heteroatoms. The zero-order valence-corrected chi connectivity index (χ0v) is 52.1. The topological polar surface area (TPSA) is 77.3 Å². The minimum Gasteiger partial charge on any atom is 2.00 e. The van der Waals surface area contributed by atoms with Gasteiger partial charge in [-0.3, -0.25) is 29.9 Å². The number of hydrogen-bond acceptors (Lipinski definition) is 6. The van der Waals surface area contributed by atoms with Crippen molar-refractivity contribution in [3.8, 4) is 22.8 Å². The summed E-state index contributed by atoms with van der Waals surface area (Å²) >= 11 is 43.3. The molecule has 0 saturated carbocycles. The van der Waals surface area contributed by atoms with Crippen LogP contribution in [0.15, 0.2) is 97.8 Å². The van der Waals surface area contributed by atoms with E-state index < -0.39 is 28.5 Å². The van der Waals surface area contributed by atoms with E-state index in [0.29, 0.717) is 0 Å². The maximum Gasteiger partial charge on any atom is 2.00 e. The Hall–Kier alpha value is -2.11. The Kier molecular flexibility index (Phi) is 30.7. The molecule has 0 spiro atoms. The second-order valence-electron chi connectivity index (χ2n) is 16.5. The van der Waals surface area contributed by atoms with Crippen LogP contribution in [-0.4, -0.2) is 42.8 Å². The molecule has 0 radical (unpaired) electrons. The van der Waals surface area contributed by atoms with Gasteiger partial charge in [-0.25, -0.2) is 0 Å². The number of fused-ring (bicyclic) bond motifs is 3. The van der Waals surface area contributed by atoms with Crippen LogP contribution in [0.5, 0.6) is 0 Å². The van der Waals surface area contributed by atoms with Crippen molar-refractivity contribution in [2.45, 2.75) is 99.4 Å². The molecule has 0 aliphatic carbocycles. The molecule has 0 aliphatic rings. The summed E-state index contributed by atoms with van der Waals surface area (Å²) in [5.41, 5.74) is 16.0. The van der Waals surface area contributed by atoms with Gasteiger partial charge >= 0.3 is 85.5 Å². The molecule has 0 saturated heterocycles. The van der Waals surface area contributed by atoms with Gasteiger partial charge in [0.2, 0.25) is 0 Å². The first-order valence-electron chi connectivity index (χ1n) is 22.1. The normalized spacial score (nSPS) is 12.8. The summed E-state index contributed by atoms with van der Waals surface area (Å²) in [5.74, 6) is 0. The van der Waals surface area contributed by atoms with Gasteiger partial charge in [0.1, 0.15) is 0 Å². The van der Waals surface area contributed by atoms with Crippen LogP contribution >= 0.6 is 120 Å². The van der Waals surface area contributed by atoms with Gasteiger partial charge in [-0.2, -0.15) is 0 Å². The standard InChI is InChI=1S/C29H32N4.C16H16N2.3CHCl3.2F6P.Ru/c1-22-10-14-30-26(18-22)28-20-24(12-16-32-28)8-6-4-3-5-7-9-25-13-17-33-29(21-25)27-19-23(2)11-15-31-27;1-9-7-17-15-13(11(9)3)5-6-14-12(4)10(2)8-18-16(14)15;3*2-1(3)4;2*1-7(2,3,4,5)6;/h10-21H,3-9H2,1-2H3;5-8H,1-4H3;3*1H;;;/q;;;;;2*-1;+2. The third kappa shape index (κ3) is 40.1. The van der Waals surface area contributed by atoms with Crippen LogP contribution in [0.1, 0.15) is 76.6 Å². The SMILES string of the molecule is Cc1ccnc(-c2cc(CCCCCCCc3ccnc(-c4cc(C)ccn4)c3)ccn2)c1.Cc1cnc2c(ccc3c(C)c(C)cnc32)c1C.ClC(Cl)Cl.ClC(Cl)Cl.ClC(Cl)Cl.F[P-](F)(F)(F)(F)F.F[P-](F)(F)(F)(F)F.[Ru+2]. The third-order valence-electron chi connectivity index (χ3n) is 9.85. The van der Waals surface area contributed by atoms with Gasteiger partial charge in [0.05, 0.1) is 33.8 Å². The van der Waals surface area contributed by atoms with Crippen LogP contribution in [0.4, 0.5) is 50.4 Å². The Morgan fingerprint density at radius 2 is 0.615 bits per heavy atom. The fourth-order valence-corrected chi connectivity index (χ4v) is 6.47. The van der Waals surface area contributed by atoms with Gasteiger partial charge in [0, 0.05) is 48.0 Å². The van der Waals surface area contributed by atoms with E-state index in [-0.39, 0.29) is 19.5 Å². The minimum absolute atomic E-state index is 0. The number of hydrogen-bond donors (Lipinski definition) is 0. The van der Waals surface area contributed by atoms with Crippen LogP contribution in [0.25, 0.3) is 44.6 Å². The van der Waals surface area contributed by atoms with Crippen molar-refractivity contribution in [1.29, 1.82) is 0 Å². The summed E-state index contributed by atoms with van der Waals surface area (Å²) in [6.45, 7) is 12.7. The Bertz CT molecular complexity index is 2740. The smallest absolute Gasteiger partial charge is 2.00 e. The summed E-state index contributed by atoms with van der Waals surface area (Å²) < 4.78 is 116. The maximum absolute atomic E-state index is 10.7. The van der Waals surface area contributed by atoms with E-state index >= 15 is 0 Å². The van der Waals surface area contributed by atoms with Crippen molar-refractivity contribution in [1.82, 2.24) is 29.9 Å². The molecule has 78 heavy (non-hydrogen) atoms. The van der Waals surface area contributed by atoms with E-state index in [2.05, 4.69) is 120 Å². The monoisotopic (exact) mass is 1420 g/mol. The maximum atomic E-state index is 9.87. The summed E-state index contributed by atoms with van der Waals surface area (Å²) in [6.07, 6.45) is 19.8. The molecule has 6 nitrogen and oxygen atoms in total. The number of rotatable bonds is 10. The van der Waals surface area contributed by atoms with Crippen molar-refractivity contribution in [2.75, 3.05) is 0 Å². The van der Waals surface area contributed by atoms with Gasteiger partial charge in [-0.15, -0.1) is 0 Å². The van der Waals surface area contributed by atoms with E-state index in [1.54, 1.807) is 0 Å². The second-order valence-corrected chi connectivity index (χ2v) is 26.2. The minimum atomic E-state index is -10.7. The number of halogens is 21. The van der Waals surface area contributed by atoms with Crippen molar-refractivity contribution in [3.05, 3.63) is 142 Å². The molecule has 0 atom stereocenters. The zero-order chi connectivity index (χ0) is 59.3. The summed E-state index contributed by atoms with van der Waals surface area (Å²) in [7, 11) is -21.3. The summed E-state index contributed by atoms with van der Waals surface area (Å²) in [4.78, 5) is 27.1. The van der Waals surface area contributed by atoms with Crippen LogP contribution in [0.2, 0.25) is 0 Å². The Morgan fingerprint density at radius 3 is 0.885 bits per heavy atom. The van der Waals surface area contributed by atoms with Crippen LogP contribution < -0.4 is 0 Å². The first-order chi connectivity index (χ1) is 34.9. The average molecular weight is 1420 g/mol. The molecule has 6 heterocycles. The molecule has 0 unspecified atom stereocenters. The van der Waals surface area contributed by atoms with Crippen molar-refractivity contribution in [2.24, 2.45) is 0 Å². The average Bonchev–Trinajstić information content (AvgIpc) is 3.26. The molecule has 1 aromatic carbocycles. The van der Waals surface area contributed by atoms with E-state index in [0.717, 1.165) is 46.7 Å². The van der Waals surface area contributed by atoms with E-state index in [9.17, 15) is 50.4 Å². The van der Waals surface area contributed by atoms with Gasteiger partial charge < -0.3 is 0 Å².